The van der Waals surface area contributed by atoms with Crippen molar-refractivity contribution in [1.82, 2.24) is 15.3 Å². The molecule has 0 aliphatic carbocycles. The molecule has 3 heterocycles. The summed E-state index contributed by atoms with van der Waals surface area (Å²) in [6.45, 7) is 8.28. The van der Waals surface area contributed by atoms with Crippen LogP contribution in [0.25, 0.3) is 11.3 Å². The Morgan fingerprint density at radius 1 is 1.09 bits per heavy atom. The topological polar surface area (TPSA) is 149 Å². The van der Waals surface area contributed by atoms with Gasteiger partial charge in [-0.1, -0.05) is 0 Å². The Morgan fingerprint density at radius 3 is 2.38 bits per heavy atom. The second-order valence-corrected chi connectivity index (χ2v) is 11.7. The Morgan fingerprint density at radius 2 is 1.76 bits per heavy atom. The maximum atomic E-state index is 14.9. The largest absolute Gasteiger partial charge is 0.465 e. The van der Waals surface area contributed by atoms with Crippen molar-refractivity contribution in [2.24, 2.45) is 0 Å². The summed E-state index contributed by atoms with van der Waals surface area (Å²) in [7, 11) is 1.03. The van der Waals surface area contributed by atoms with E-state index in [2.05, 4.69) is 25.3 Å². The minimum Gasteiger partial charge on any atom is -0.465 e. The molecule has 1 fully saturated rings. The van der Waals surface area contributed by atoms with E-state index in [-0.39, 0.29) is 17.8 Å². The van der Waals surface area contributed by atoms with Crippen LogP contribution in [0.3, 0.4) is 0 Å². The lowest BCUT2D eigenvalue weighted by Gasteiger charge is -2.45. The van der Waals surface area contributed by atoms with Crippen molar-refractivity contribution in [3.05, 3.63) is 77.0 Å². The van der Waals surface area contributed by atoms with Crippen molar-refractivity contribution in [2.45, 2.75) is 70.5 Å². The van der Waals surface area contributed by atoms with Crippen molar-refractivity contribution in [3.63, 3.8) is 0 Å². The molecule has 1 aliphatic heterocycles. The van der Waals surface area contributed by atoms with E-state index in [4.69, 9.17) is 9.47 Å². The van der Waals surface area contributed by atoms with Crippen LogP contribution in [0.2, 0.25) is 0 Å². The lowest BCUT2D eigenvalue weighted by atomic mass is 9.82. The Balaban J connectivity index is 1.61. The van der Waals surface area contributed by atoms with Crippen LogP contribution in [0.5, 0.6) is 0 Å². The highest BCUT2D eigenvalue weighted by molar-refractivity contribution is 6.03. The number of alkyl carbamates (subject to hydrolysis) is 1. The van der Waals surface area contributed by atoms with Gasteiger partial charge in [-0.3, -0.25) is 9.78 Å². The Labute approximate surface area is 257 Å². The quantitative estimate of drug-likeness (QED) is 0.317. The van der Waals surface area contributed by atoms with Crippen molar-refractivity contribution in [1.29, 1.82) is 0 Å². The number of halogens is 3. The number of hydrogen-bond acceptors (Lipinski definition) is 9. The predicted molar refractivity (Wildman–Crippen MR) is 155 cm³/mol. The summed E-state index contributed by atoms with van der Waals surface area (Å²) in [5.74, 6) is -5.56. The summed E-state index contributed by atoms with van der Waals surface area (Å²) < 4.78 is 60.4. The summed E-state index contributed by atoms with van der Waals surface area (Å²) in [4.78, 5) is 45.4. The number of methoxy groups -OCH3 is 1. The van der Waals surface area contributed by atoms with E-state index in [9.17, 15) is 32.7 Å². The zero-order valence-corrected chi connectivity index (χ0v) is 25.4. The number of nitrogens with one attached hydrogen (secondary N) is 2. The van der Waals surface area contributed by atoms with Crippen LogP contribution >= 0.6 is 0 Å². The molecule has 1 saturated heterocycles. The highest BCUT2D eigenvalue weighted by Gasteiger charge is 2.46. The van der Waals surface area contributed by atoms with Crippen molar-refractivity contribution in [3.8, 4) is 11.3 Å². The molecule has 1 aliphatic rings. The van der Waals surface area contributed by atoms with Crippen LogP contribution in [0.15, 0.2) is 42.7 Å². The third-order valence-corrected chi connectivity index (χ3v) is 7.27. The summed E-state index contributed by atoms with van der Waals surface area (Å²) in [6, 6.07) is 3.97. The molecule has 0 bridgehead atoms. The molecular formula is C31H33F3N4O7. The molecule has 14 heteroatoms. The van der Waals surface area contributed by atoms with Crippen LogP contribution in [0.1, 0.15) is 73.6 Å². The van der Waals surface area contributed by atoms with Gasteiger partial charge < -0.3 is 30.0 Å². The Bertz CT molecular complexity index is 1600. The van der Waals surface area contributed by atoms with Gasteiger partial charge in [0.15, 0.2) is 0 Å². The van der Waals surface area contributed by atoms with Crippen LogP contribution in [-0.4, -0.2) is 63.5 Å². The number of carbonyl (C=O) groups is 3. The van der Waals surface area contributed by atoms with Crippen molar-refractivity contribution >= 4 is 23.7 Å². The first-order valence-electron chi connectivity index (χ1n) is 13.9. The van der Waals surface area contributed by atoms with E-state index in [0.717, 1.165) is 19.2 Å². The minimum absolute atomic E-state index is 0.0858. The highest BCUT2D eigenvalue weighted by Crippen LogP contribution is 2.39. The van der Waals surface area contributed by atoms with Gasteiger partial charge in [-0.25, -0.2) is 27.7 Å². The third kappa shape index (κ3) is 7.40. The van der Waals surface area contributed by atoms with E-state index in [1.54, 1.807) is 33.8 Å². The van der Waals surface area contributed by atoms with Crippen LogP contribution < -0.4 is 10.6 Å². The Kier molecular flexibility index (Phi) is 9.49. The van der Waals surface area contributed by atoms with E-state index in [1.165, 1.54) is 19.3 Å². The fourth-order valence-electron chi connectivity index (χ4n) is 4.79. The molecule has 4 atom stereocenters. The summed E-state index contributed by atoms with van der Waals surface area (Å²) in [6.07, 6.45) is 0.633. The van der Waals surface area contributed by atoms with Crippen molar-refractivity contribution < 1.29 is 46.9 Å². The minimum atomic E-state index is -1.47. The van der Waals surface area contributed by atoms with E-state index in [0.29, 0.717) is 17.7 Å². The van der Waals surface area contributed by atoms with Gasteiger partial charge in [0.2, 0.25) is 0 Å². The molecular weight excluding hydrogens is 597 g/mol. The van der Waals surface area contributed by atoms with Gasteiger partial charge in [0.05, 0.1) is 48.4 Å². The first-order valence-corrected chi connectivity index (χ1v) is 13.9. The van der Waals surface area contributed by atoms with E-state index >= 15 is 0 Å². The number of pyridine rings is 2. The van der Waals surface area contributed by atoms with Crippen LogP contribution in [-0.2, 0) is 14.2 Å². The molecule has 45 heavy (non-hydrogen) atoms. The summed E-state index contributed by atoms with van der Waals surface area (Å²) >= 11 is 0. The summed E-state index contributed by atoms with van der Waals surface area (Å²) in [5, 5.41) is 16.4. The smallest absolute Gasteiger partial charge is 0.407 e. The van der Waals surface area contributed by atoms with E-state index < -0.39 is 81.7 Å². The molecule has 11 nitrogen and oxygen atoms in total. The number of aliphatic hydroxyl groups is 1. The molecule has 1 aromatic carbocycles. The fourth-order valence-corrected chi connectivity index (χ4v) is 4.79. The number of aromatic nitrogens is 2. The zero-order chi connectivity index (χ0) is 33.3. The second-order valence-electron chi connectivity index (χ2n) is 11.7. The number of esters is 1. The predicted octanol–water partition coefficient (Wildman–Crippen LogP) is 5.09. The molecule has 2 aromatic heterocycles. The average molecular weight is 631 g/mol. The van der Waals surface area contributed by atoms with Crippen molar-refractivity contribution in [2.75, 3.05) is 12.4 Å². The molecule has 3 N–H and O–H groups in total. The fraction of sp³-hybridized carbons (Fsp3) is 0.387. The van der Waals surface area contributed by atoms with E-state index in [1.807, 2.05) is 0 Å². The molecule has 0 radical (unpaired) electrons. The second kappa shape index (κ2) is 12.8. The summed E-state index contributed by atoms with van der Waals surface area (Å²) in [5.41, 5.74) is -4.12. The van der Waals surface area contributed by atoms with Gasteiger partial charge in [0, 0.05) is 18.2 Å². The maximum Gasteiger partial charge on any atom is 0.407 e. The molecule has 0 saturated carbocycles. The number of benzene rings is 1. The number of anilines is 1. The van der Waals surface area contributed by atoms with Gasteiger partial charge in [-0.15, -0.1) is 0 Å². The highest BCUT2D eigenvalue weighted by atomic mass is 19.1. The van der Waals surface area contributed by atoms with Gasteiger partial charge in [-0.05, 0) is 65.0 Å². The normalized spacial score (nSPS) is 21.5. The first kappa shape index (κ1) is 33.3. The standard InChI is InChI=1S/C31H33F3N4O7/c1-15-31(5,42)24(38-29(41)45-30(2,3)4)13-23(44-15)17-9-10-35-14-22(17)37-27(39)21-8-7-18(32)26(36-21)25-19(33)11-16(12-20(25)34)28(40)43-6/h7-12,14-15,23-24,42H,13H2,1-6H3,(H,37,39)(H,38,41)/t15-,23-,24-,31-/m1/s1. The molecule has 2 amide bonds. The average Bonchev–Trinajstić information content (AvgIpc) is 2.95. The van der Waals surface area contributed by atoms with Gasteiger partial charge in [-0.2, -0.15) is 0 Å². The third-order valence-electron chi connectivity index (χ3n) is 7.27. The molecule has 0 spiro atoms. The molecule has 0 unspecified atom stereocenters. The molecule has 3 aromatic rings. The molecule has 4 rings (SSSR count). The van der Waals surface area contributed by atoms with Gasteiger partial charge >= 0.3 is 12.1 Å². The SMILES string of the molecule is COC(=O)c1cc(F)c(-c2nc(C(=O)Nc3cnccc3[C@H]3C[C@@H](NC(=O)OC(C)(C)C)[C@](C)(O)[C@@H](C)O3)ccc2F)c(F)c1. The number of ether oxygens (including phenoxy) is 3. The zero-order valence-electron chi connectivity index (χ0n) is 25.4. The van der Waals surface area contributed by atoms with Gasteiger partial charge in [0.1, 0.15) is 40.0 Å². The first-order chi connectivity index (χ1) is 21.0. The number of amides is 2. The number of nitrogens with zero attached hydrogens (tertiary/aromatic N) is 2. The monoisotopic (exact) mass is 630 g/mol. The number of hydrogen-bond donors (Lipinski definition) is 3. The molecule has 240 valence electrons. The number of rotatable bonds is 6. The number of carbonyl (C=O) groups excluding carboxylic acids is 3. The lowest BCUT2D eigenvalue weighted by Crippen LogP contribution is -2.61. The van der Waals surface area contributed by atoms with Crippen LogP contribution in [0.4, 0.5) is 23.7 Å². The lowest BCUT2D eigenvalue weighted by molar-refractivity contribution is -0.176. The van der Waals surface area contributed by atoms with Gasteiger partial charge in [0.25, 0.3) is 5.91 Å². The Hall–Kier alpha value is -4.56. The van der Waals surface area contributed by atoms with Crippen LogP contribution in [0, 0.1) is 17.5 Å². The maximum absolute atomic E-state index is 14.9.